The minimum absolute atomic E-state index is 0.0432. The van der Waals surface area contributed by atoms with Gasteiger partial charge in [0, 0.05) is 11.5 Å². The van der Waals surface area contributed by atoms with E-state index in [1.165, 1.54) is 19.3 Å². The fraction of sp³-hybridized carbons (Fsp3) is 0.857. The van der Waals surface area contributed by atoms with Gasteiger partial charge in [-0.2, -0.15) is 0 Å². The van der Waals surface area contributed by atoms with Crippen molar-refractivity contribution in [3.8, 4) is 0 Å². The minimum atomic E-state index is 0.0432. The lowest BCUT2D eigenvalue weighted by Crippen LogP contribution is -2.27. The first-order valence-electron chi connectivity index (χ1n) is 6.96. The van der Waals surface area contributed by atoms with Gasteiger partial charge in [0.15, 0.2) is 0 Å². The number of nitrogens with zero attached hydrogens (tertiary/aromatic N) is 3. The number of halogens is 1. The number of unbranched alkanes of at least 4 members (excludes halogenated alkanes) is 1. The highest BCUT2D eigenvalue weighted by molar-refractivity contribution is 9.08. The Balaban J connectivity index is 3.10. The molecule has 0 bridgehead atoms. The van der Waals surface area contributed by atoms with Crippen molar-refractivity contribution in [2.75, 3.05) is 0 Å². The third kappa shape index (κ3) is 3.56. The molecule has 0 radical (unpaired) electrons. The average Bonchev–Trinajstić information content (AvgIpc) is 2.73. The maximum atomic E-state index is 4.46. The number of hydrogen-bond donors (Lipinski definition) is 0. The summed E-state index contributed by atoms with van der Waals surface area (Å²) in [7, 11) is 0. The van der Waals surface area contributed by atoms with Crippen LogP contribution in [0.4, 0.5) is 0 Å². The molecule has 0 spiro atoms. The van der Waals surface area contributed by atoms with E-state index < -0.39 is 0 Å². The van der Waals surface area contributed by atoms with E-state index >= 15 is 0 Å². The lowest BCUT2D eigenvalue weighted by atomic mass is 9.97. The molecule has 1 unspecified atom stereocenters. The lowest BCUT2D eigenvalue weighted by molar-refractivity contribution is 0.356. The summed E-state index contributed by atoms with van der Waals surface area (Å²) in [4.78, 5) is 0. The Morgan fingerprint density at radius 1 is 1.22 bits per heavy atom. The Bertz CT molecular complexity index is 366. The smallest absolute Gasteiger partial charge is 0.144 e. The van der Waals surface area contributed by atoms with E-state index in [1.807, 2.05) is 0 Å². The summed E-state index contributed by atoms with van der Waals surface area (Å²) in [6, 6.07) is 0. The molecule has 3 nitrogen and oxygen atoms in total. The molecule has 0 amide bonds. The highest BCUT2D eigenvalue weighted by Gasteiger charge is 2.26. The fourth-order valence-electron chi connectivity index (χ4n) is 2.38. The maximum absolute atomic E-state index is 4.46. The molecule has 1 heterocycles. The summed E-state index contributed by atoms with van der Waals surface area (Å²) in [6.07, 6.45) is 4.85. The number of aromatic nitrogens is 3. The second-order valence-corrected chi connectivity index (χ2v) is 6.42. The van der Waals surface area contributed by atoms with Gasteiger partial charge in [0.25, 0.3) is 0 Å². The predicted molar refractivity (Wildman–Crippen MR) is 80.2 cm³/mol. The van der Waals surface area contributed by atoms with Crippen LogP contribution < -0.4 is 0 Å². The molecule has 0 aromatic carbocycles. The van der Waals surface area contributed by atoms with E-state index in [4.69, 9.17) is 0 Å². The van der Waals surface area contributed by atoms with Crippen LogP contribution in [0.15, 0.2) is 0 Å². The molecule has 0 aliphatic rings. The quantitative estimate of drug-likeness (QED) is 0.717. The number of hydrogen-bond acceptors (Lipinski definition) is 2. The zero-order valence-corrected chi connectivity index (χ0v) is 13.9. The first-order chi connectivity index (χ1) is 8.45. The molecule has 0 saturated heterocycles. The summed E-state index contributed by atoms with van der Waals surface area (Å²) in [5.74, 6) is 2.73. The van der Waals surface area contributed by atoms with E-state index in [-0.39, 0.29) is 5.54 Å². The van der Waals surface area contributed by atoms with E-state index in [9.17, 15) is 0 Å². The third-order valence-electron chi connectivity index (χ3n) is 3.31. The van der Waals surface area contributed by atoms with Crippen molar-refractivity contribution in [3.05, 3.63) is 11.6 Å². The summed E-state index contributed by atoms with van der Waals surface area (Å²) in [5.41, 5.74) is 0.0432. The van der Waals surface area contributed by atoms with E-state index in [0.717, 1.165) is 23.4 Å². The van der Waals surface area contributed by atoms with E-state index in [2.05, 4.69) is 65.3 Å². The molecule has 0 saturated carbocycles. The van der Waals surface area contributed by atoms with Gasteiger partial charge in [0.05, 0.1) is 5.33 Å². The zero-order chi connectivity index (χ0) is 13.8. The molecule has 0 aliphatic carbocycles. The molecule has 104 valence electrons. The van der Waals surface area contributed by atoms with Crippen LogP contribution in [0.2, 0.25) is 0 Å². The fourth-order valence-corrected chi connectivity index (χ4v) is 2.74. The second-order valence-electron chi connectivity index (χ2n) is 5.86. The molecular formula is C14H26BrN3. The van der Waals surface area contributed by atoms with Crippen molar-refractivity contribution in [1.29, 1.82) is 0 Å². The molecule has 0 aliphatic heterocycles. The summed E-state index contributed by atoms with van der Waals surface area (Å²) >= 11 is 3.51. The summed E-state index contributed by atoms with van der Waals surface area (Å²) < 4.78 is 2.31. The van der Waals surface area contributed by atoms with E-state index in [1.54, 1.807) is 0 Å². The first-order valence-corrected chi connectivity index (χ1v) is 8.08. The second kappa shape index (κ2) is 6.69. The number of alkyl halides is 1. The van der Waals surface area contributed by atoms with Gasteiger partial charge in [-0.15, -0.1) is 10.2 Å². The monoisotopic (exact) mass is 315 g/mol. The largest absolute Gasteiger partial charge is 0.309 e. The highest BCUT2D eigenvalue weighted by atomic mass is 79.9. The Kier molecular flexibility index (Phi) is 5.83. The Labute approximate surface area is 120 Å². The normalized spacial score (nSPS) is 13.9. The lowest BCUT2D eigenvalue weighted by Gasteiger charge is -2.27. The summed E-state index contributed by atoms with van der Waals surface area (Å²) in [6.45, 7) is 11.1. The van der Waals surface area contributed by atoms with E-state index in [0.29, 0.717) is 5.92 Å². The molecule has 1 atom stereocenters. The van der Waals surface area contributed by atoms with Crippen LogP contribution in [0.5, 0.6) is 0 Å². The van der Waals surface area contributed by atoms with Gasteiger partial charge in [0.2, 0.25) is 0 Å². The third-order valence-corrected chi connectivity index (χ3v) is 3.81. The van der Waals surface area contributed by atoms with Crippen LogP contribution in [0.3, 0.4) is 0 Å². The van der Waals surface area contributed by atoms with Crippen LogP contribution in [0.1, 0.15) is 77.9 Å². The van der Waals surface area contributed by atoms with Gasteiger partial charge in [-0.25, -0.2) is 0 Å². The Hall–Kier alpha value is -0.380. The van der Waals surface area contributed by atoms with Gasteiger partial charge in [-0.3, -0.25) is 0 Å². The van der Waals surface area contributed by atoms with Crippen molar-refractivity contribution >= 4 is 15.9 Å². The van der Waals surface area contributed by atoms with Crippen molar-refractivity contribution in [2.45, 2.75) is 77.1 Å². The number of rotatable bonds is 6. The first kappa shape index (κ1) is 15.7. The molecule has 0 fully saturated rings. The average molecular weight is 316 g/mol. The molecule has 18 heavy (non-hydrogen) atoms. The topological polar surface area (TPSA) is 30.7 Å². The standard InChI is InChI=1S/C14H26BrN3/c1-6-8-9-11(7-2)13-17-16-12(10-15)18(13)14(3,4)5/h11H,6-10H2,1-5H3. The molecule has 1 aromatic heterocycles. The van der Waals surface area contributed by atoms with Crippen molar-refractivity contribution in [1.82, 2.24) is 14.8 Å². The maximum Gasteiger partial charge on any atom is 0.144 e. The van der Waals surface area contributed by atoms with Crippen molar-refractivity contribution < 1.29 is 0 Å². The molecule has 0 N–H and O–H groups in total. The van der Waals surface area contributed by atoms with Gasteiger partial charge in [0.1, 0.15) is 11.6 Å². The van der Waals surface area contributed by atoms with Crippen LogP contribution in [0, 0.1) is 0 Å². The van der Waals surface area contributed by atoms with Crippen molar-refractivity contribution in [2.24, 2.45) is 0 Å². The van der Waals surface area contributed by atoms with Gasteiger partial charge in [-0.05, 0) is 33.6 Å². The molecule has 4 heteroatoms. The van der Waals surface area contributed by atoms with Gasteiger partial charge < -0.3 is 4.57 Å². The molecule has 1 aromatic rings. The SMILES string of the molecule is CCCCC(CC)c1nnc(CBr)n1C(C)(C)C. The van der Waals surface area contributed by atoms with Crippen LogP contribution >= 0.6 is 15.9 Å². The van der Waals surface area contributed by atoms with Gasteiger partial charge >= 0.3 is 0 Å². The van der Waals surface area contributed by atoms with Crippen molar-refractivity contribution in [3.63, 3.8) is 0 Å². The Morgan fingerprint density at radius 3 is 2.33 bits per heavy atom. The Morgan fingerprint density at radius 2 is 1.89 bits per heavy atom. The van der Waals surface area contributed by atoms with Crippen LogP contribution in [-0.2, 0) is 10.9 Å². The summed E-state index contributed by atoms with van der Waals surface area (Å²) in [5, 5.41) is 9.57. The zero-order valence-electron chi connectivity index (χ0n) is 12.3. The minimum Gasteiger partial charge on any atom is -0.309 e. The van der Waals surface area contributed by atoms with Gasteiger partial charge in [-0.1, -0.05) is 42.6 Å². The van der Waals surface area contributed by atoms with Crippen LogP contribution in [-0.4, -0.2) is 14.8 Å². The predicted octanol–water partition coefficient (Wildman–Crippen LogP) is 4.61. The molecular weight excluding hydrogens is 290 g/mol. The highest BCUT2D eigenvalue weighted by Crippen LogP contribution is 2.29. The van der Waals surface area contributed by atoms with Crippen LogP contribution in [0.25, 0.3) is 0 Å². The molecule has 1 rings (SSSR count).